The molecule has 0 bridgehead atoms. The van der Waals surface area contributed by atoms with E-state index < -0.39 is 0 Å². The van der Waals surface area contributed by atoms with Crippen molar-refractivity contribution in [2.45, 2.75) is 25.9 Å². The fourth-order valence-corrected chi connectivity index (χ4v) is 3.34. The first-order valence-electron chi connectivity index (χ1n) is 10.1. The Hall–Kier alpha value is -3.75. The van der Waals surface area contributed by atoms with Crippen LogP contribution in [0.4, 0.5) is 11.4 Å². The molecule has 0 unspecified atom stereocenters. The highest BCUT2D eigenvalue weighted by Crippen LogP contribution is 2.24. The van der Waals surface area contributed by atoms with Crippen molar-refractivity contribution in [2.75, 3.05) is 30.3 Å². The Balaban J connectivity index is 1.47. The second-order valence-corrected chi connectivity index (χ2v) is 7.46. The van der Waals surface area contributed by atoms with Gasteiger partial charge in [0.1, 0.15) is 23.4 Å². The lowest BCUT2D eigenvalue weighted by atomic mass is 10.1. The van der Waals surface area contributed by atoms with Gasteiger partial charge in [-0.1, -0.05) is 0 Å². The van der Waals surface area contributed by atoms with Crippen LogP contribution < -0.4 is 21.1 Å². The highest BCUT2D eigenvalue weighted by Gasteiger charge is 2.20. The number of carbonyl (C=O) groups excluding carboxylic acids is 1. The molecule has 0 radical (unpaired) electrons. The van der Waals surface area contributed by atoms with Crippen molar-refractivity contribution < 1.29 is 14.6 Å². The Labute approximate surface area is 181 Å². The Morgan fingerprint density at radius 3 is 2.48 bits per heavy atom. The number of nitrogens with two attached hydrogens (primary N) is 1. The molecule has 0 aliphatic carbocycles. The third-order valence-corrected chi connectivity index (χ3v) is 5.10. The van der Waals surface area contributed by atoms with E-state index in [2.05, 4.69) is 10.6 Å². The van der Waals surface area contributed by atoms with Crippen molar-refractivity contribution in [3.8, 4) is 11.5 Å². The number of hydrogen-bond acceptors (Lipinski definition) is 6. The summed E-state index contributed by atoms with van der Waals surface area (Å²) in [5.41, 5.74) is 6.87. The van der Waals surface area contributed by atoms with Crippen molar-refractivity contribution in [2.24, 2.45) is 5.73 Å². The zero-order valence-corrected chi connectivity index (χ0v) is 17.4. The van der Waals surface area contributed by atoms with E-state index >= 15 is 0 Å². The number of nitrogens with one attached hydrogen (secondary N) is 4. The van der Waals surface area contributed by atoms with Gasteiger partial charge in [-0.15, -0.1) is 0 Å². The predicted molar refractivity (Wildman–Crippen MR) is 121 cm³/mol. The van der Waals surface area contributed by atoms with Gasteiger partial charge >= 0.3 is 0 Å². The third kappa shape index (κ3) is 6.11. The van der Waals surface area contributed by atoms with Crippen LogP contribution in [0.5, 0.6) is 11.5 Å². The van der Waals surface area contributed by atoms with Gasteiger partial charge in [0.15, 0.2) is 0 Å². The molecule has 1 amide bonds. The van der Waals surface area contributed by atoms with Gasteiger partial charge in [-0.25, -0.2) is 0 Å². The number of nitrogen functional groups attached to an aromatic ring is 1. The summed E-state index contributed by atoms with van der Waals surface area (Å²) in [6, 6.07) is 11.7. The quantitative estimate of drug-likeness (QED) is 0.229. The average molecular weight is 425 g/mol. The summed E-state index contributed by atoms with van der Waals surface area (Å²) in [6.07, 6.45) is 1.87. The van der Waals surface area contributed by atoms with E-state index in [0.29, 0.717) is 22.8 Å². The Morgan fingerprint density at radius 2 is 1.87 bits per heavy atom. The Morgan fingerprint density at radius 1 is 1.19 bits per heavy atom. The Bertz CT molecular complexity index is 952. The lowest BCUT2D eigenvalue weighted by Crippen LogP contribution is -2.40. The largest absolute Gasteiger partial charge is 0.506 e. The van der Waals surface area contributed by atoms with Crippen LogP contribution in [0.3, 0.4) is 0 Å². The minimum Gasteiger partial charge on any atom is -0.506 e. The van der Waals surface area contributed by atoms with Crippen molar-refractivity contribution >= 4 is 29.0 Å². The summed E-state index contributed by atoms with van der Waals surface area (Å²) < 4.78 is 6.01. The molecule has 1 aliphatic heterocycles. The van der Waals surface area contributed by atoms with E-state index in [1.807, 2.05) is 17.0 Å². The summed E-state index contributed by atoms with van der Waals surface area (Å²) in [4.78, 5) is 14.3. The predicted octanol–water partition coefficient (Wildman–Crippen LogP) is 2.57. The van der Waals surface area contributed by atoms with E-state index in [1.165, 1.54) is 18.2 Å². The molecule has 7 N–H and O–H groups in total. The smallest absolute Gasteiger partial charge is 0.243 e. The van der Waals surface area contributed by atoms with Crippen molar-refractivity contribution in [1.82, 2.24) is 4.90 Å². The number of anilines is 2. The van der Waals surface area contributed by atoms with Crippen LogP contribution in [-0.2, 0) is 4.79 Å². The van der Waals surface area contributed by atoms with Gasteiger partial charge in [-0.05, 0) is 49.4 Å². The van der Waals surface area contributed by atoms with Crippen LogP contribution in [0.15, 0.2) is 42.5 Å². The molecule has 1 saturated heterocycles. The SMILES string of the molecule is CC(=N)N1CCC(Oc2ccc(NC(=O)CNc3cc(C(=N)N)ccc3O)cc2)CC1. The second kappa shape index (κ2) is 9.84. The lowest BCUT2D eigenvalue weighted by Gasteiger charge is -2.32. The summed E-state index contributed by atoms with van der Waals surface area (Å²) >= 11 is 0. The van der Waals surface area contributed by atoms with E-state index in [-0.39, 0.29) is 30.1 Å². The van der Waals surface area contributed by atoms with Crippen LogP contribution in [0, 0.1) is 10.8 Å². The van der Waals surface area contributed by atoms with Crippen LogP contribution in [0.2, 0.25) is 0 Å². The number of nitrogens with zero attached hydrogens (tertiary/aromatic N) is 1. The number of phenols is 1. The number of piperidine rings is 1. The van der Waals surface area contributed by atoms with E-state index in [4.69, 9.17) is 21.3 Å². The molecule has 1 heterocycles. The minimum absolute atomic E-state index is 0.0269. The van der Waals surface area contributed by atoms with Crippen molar-refractivity contribution in [3.05, 3.63) is 48.0 Å². The molecule has 9 nitrogen and oxygen atoms in total. The standard InChI is InChI=1S/C22H28N6O3/c1-14(23)28-10-8-18(9-11-28)31-17-5-3-16(4-6-17)27-21(30)13-26-19-12-15(22(24)25)2-7-20(19)29/h2-7,12,18,23,26,29H,8-11,13H2,1H3,(H3,24,25)(H,27,30). The van der Waals surface area contributed by atoms with Crippen LogP contribution >= 0.6 is 0 Å². The van der Waals surface area contributed by atoms with Crippen molar-refractivity contribution in [3.63, 3.8) is 0 Å². The van der Waals surface area contributed by atoms with Gasteiger partial charge in [0.25, 0.3) is 0 Å². The topological polar surface area (TPSA) is 148 Å². The normalized spacial score (nSPS) is 14.0. The number of amides is 1. The first-order valence-corrected chi connectivity index (χ1v) is 10.1. The molecule has 3 rings (SSSR count). The van der Waals surface area contributed by atoms with Gasteiger partial charge in [-0.3, -0.25) is 15.6 Å². The number of rotatable bonds is 7. The average Bonchev–Trinajstić information content (AvgIpc) is 2.75. The zero-order valence-electron chi connectivity index (χ0n) is 17.4. The summed E-state index contributed by atoms with van der Waals surface area (Å²) in [7, 11) is 0. The number of phenolic OH excluding ortho intramolecular Hbond substituents is 1. The maximum Gasteiger partial charge on any atom is 0.243 e. The monoisotopic (exact) mass is 424 g/mol. The van der Waals surface area contributed by atoms with Gasteiger partial charge in [0, 0.05) is 37.2 Å². The maximum atomic E-state index is 12.2. The minimum atomic E-state index is -0.282. The number of hydrogen-bond donors (Lipinski definition) is 6. The van der Waals surface area contributed by atoms with Gasteiger partial charge in [-0.2, -0.15) is 0 Å². The third-order valence-electron chi connectivity index (χ3n) is 5.10. The molecule has 2 aromatic rings. The van der Waals surface area contributed by atoms with Gasteiger partial charge in [0.05, 0.1) is 18.1 Å². The molecule has 0 atom stereocenters. The number of likely N-dealkylation sites (tertiary alicyclic amines) is 1. The molecular formula is C22H28N6O3. The van der Waals surface area contributed by atoms with Crippen LogP contribution in [0.1, 0.15) is 25.3 Å². The van der Waals surface area contributed by atoms with Crippen LogP contribution in [-0.4, -0.2) is 53.3 Å². The first-order chi connectivity index (χ1) is 14.8. The molecule has 1 fully saturated rings. The molecule has 0 saturated carbocycles. The highest BCUT2D eigenvalue weighted by molar-refractivity contribution is 5.97. The van der Waals surface area contributed by atoms with Crippen molar-refractivity contribution in [1.29, 1.82) is 10.8 Å². The second-order valence-electron chi connectivity index (χ2n) is 7.46. The molecular weight excluding hydrogens is 396 g/mol. The molecule has 2 aromatic carbocycles. The van der Waals surface area contributed by atoms with Gasteiger partial charge in [0.2, 0.25) is 5.91 Å². The number of aromatic hydroxyl groups is 1. The lowest BCUT2D eigenvalue weighted by molar-refractivity contribution is -0.114. The molecule has 1 aliphatic rings. The number of amidine groups is 2. The van der Waals surface area contributed by atoms with Crippen LogP contribution in [0.25, 0.3) is 0 Å². The van der Waals surface area contributed by atoms with E-state index in [1.54, 1.807) is 19.1 Å². The maximum absolute atomic E-state index is 12.2. The molecule has 0 spiro atoms. The molecule has 164 valence electrons. The summed E-state index contributed by atoms with van der Waals surface area (Å²) in [5, 5.41) is 30.7. The Kier molecular flexibility index (Phi) is 6.96. The number of benzene rings is 2. The first kappa shape index (κ1) is 21.9. The number of ether oxygens (including phenoxy) is 1. The molecule has 9 heteroatoms. The number of carbonyl (C=O) groups is 1. The van der Waals surface area contributed by atoms with E-state index in [9.17, 15) is 9.90 Å². The van der Waals surface area contributed by atoms with E-state index in [0.717, 1.165) is 31.7 Å². The summed E-state index contributed by atoms with van der Waals surface area (Å²) in [6.45, 7) is 3.39. The highest BCUT2D eigenvalue weighted by atomic mass is 16.5. The summed E-state index contributed by atoms with van der Waals surface area (Å²) in [5.74, 6) is 0.906. The fraction of sp³-hybridized carbons (Fsp3) is 0.318. The van der Waals surface area contributed by atoms with Gasteiger partial charge < -0.3 is 31.1 Å². The fourth-order valence-electron chi connectivity index (χ4n) is 3.34. The molecule has 31 heavy (non-hydrogen) atoms. The molecule has 0 aromatic heterocycles. The zero-order chi connectivity index (χ0) is 22.4.